The minimum absolute atomic E-state index is 0.0226. The average Bonchev–Trinajstić information content (AvgIpc) is 2.31. The first kappa shape index (κ1) is 16.1. The lowest BCUT2D eigenvalue weighted by Gasteiger charge is -2.30. The van der Waals surface area contributed by atoms with Gasteiger partial charge < -0.3 is 5.11 Å². The summed E-state index contributed by atoms with van der Waals surface area (Å²) in [5.41, 5.74) is 0.0226. The van der Waals surface area contributed by atoms with E-state index in [1.54, 1.807) is 0 Å². The highest BCUT2D eigenvalue weighted by Gasteiger charge is 2.20. The molecule has 0 saturated heterocycles. The summed E-state index contributed by atoms with van der Waals surface area (Å²) in [4.78, 5) is 2.07. The molecular formula is C15H23F2NO. The molecule has 0 amide bonds. The molecule has 0 aliphatic heterocycles. The van der Waals surface area contributed by atoms with E-state index in [-0.39, 0.29) is 11.6 Å². The van der Waals surface area contributed by atoms with Gasteiger partial charge in [0.2, 0.25) is 0 Å². The molecule has 0 aromatic heterocycles. The van der Waals surface area contributed by atoms with Crippen molar-refractivity contribution in [1.29, 1.82) is 0 Å². The van der Waals surface area contributed by atoms with Gasteiger partial charge in [-0.1, -0.05) is 26.0 Å². The molecule has 0 spiro atoms. The van der Waals surface area contributed by atoms with E-state index < -0.39 is 17.7 Å². The second kappa shape index (κ2) is 6.96. The molecule has 1 rings (SSSR count). The van der Waals surface area contributed by atoms with E-state index in [0.717, 1.165) is 12.6 Å². The van der Waals surface area contributed by atoms with Gasteiger partial charge in [-0.25, -0.2) is 8.78 Å². The molecule has 4 heteroatoms. The first-order chi connectivity index (χ1) is 8.82. The number of rotatable bonds is 6. The Morgan fingerprint density at radius 1 is 1.11 bits per heavy atom. The van der Waals surface area contributed by atoms with E-state index in [4.69, 9.17) is 0 Å². The van der Waals surface area contributed by atoms with Gasteiger partial charge in [0.15, 0.2) is 11.6 Å². The summed E-state index contributed by atoms with van der Waals surface area (Å²) >= 11 is 0. The Labute approximate surface area is 114 Å². The lowest BCUT2D eigenvalue weighted by atomic mass is 10.1. The molecule has 0 radical (unpaired) electrons. The third-order valence-corrected chi connectivity index (χ3v) is 3.08. The van der Waals surface area contributed by atoms with Crippen LogP contribution in [0.5, 0.6) is 0 Å². The maximum atomic E-state index is 13.6. The normalized spacial score (nSPS) is 13.6. The molecule has 1 aromatic rings. The summed E-state index contributed by atoms with van der Waals surface area (Å²) in [6.45, 7) is 9.34. The summed E-state index contributed by atoms with van der Waals surface area (Å²) < 4.78 is 26.8. The maximum Gasteiger partial charge on any atom is 0.164 e. The third kappa shape index (κ3) is 4.55. The summed E-state index contributed by atoms with van der Waals surface area (Å²) in [6, 6.07) is 4.14. The Kier molecular flexibility index (Phi) is 5.88. The highest BCUT2D eigenvalue weighted by atomic mass is 19.2. The largest absolute Gasteiger partial charge is 0.387 e. The van der Waals surface area contributed by atoms with Crippen molar-refractivity contribution in [2.45, 2.75) is 39.8 Å². The maximum absolute atomic E-state index is 13.6. The molecule has 0 saturated carbocycles. The van der Waals surface area contributed by atoms with E-state index in [1.807, 2.05) is 13.8 Å². The van der Waals surface area contributed by atoms with Gasteiger partial charge in [-0.3, -0.25) is 4.90 Å². The van der Waals surface area contributed by atoms with Crippen LogP contribution in [0.15, 0.2) is 18.2 Å². The molecule has 0 bridgehead atoms. The molecule has 19 heavy (non-hydrogen) atoms. The molecule has 1 unspecified atom stereocenters. The highest BCUT2D eigenvalue weighted by Crippen LogP contribution is 2.21. The van der Waals surface area contributed by atoms with Crippen LogP contribution in [0.25, 0.3) is 0 Å². The smallest absolute Gasteiger partial charge is 0.164 e. The Morgan fingerprint density at radius 2 is 1.74 bits per heavy atom. The third-order valence-electron chi connectivity index (χ3n) is 3.08. The predicted molar refractivity (Wildman–Crippen MR) is 72.9 cm³/mol. The second-order valence-electron chi connectivity index (χ2n) is 5.60. The van der Waals surface area contributed by atoms with Gasteiger partial charge in [-0.15, -0.1) is 0 Å². The number of nitrogens with zero attached hydrogens (tertiary/aromatic N) is 1. The fraction of sp³-hybridized carbons (Fsp3) is 0.600. The lowest BCUT2D eigenvalue weighted by Crippen LogP contribution is -2.37. The van der Waals surface area contributed by atoms with Crippen LogP contribution in [0.2, 0.25) is 0 Å². The average molecular weight is 271 g/mol. The van der Waals surface area contributed by atoms with Gasteiger partial charge in [0.05, 0.1) is 6.10 Å². The van der Waals surface area contributed by atoms with Crippen LogP contribution in [-0.4, -0.2) is 29.1 Å². The van der Waals surface area contributed by atoms with Gasteiger partial charge in [-0.2, -0.15) is 0 Å². The van der Waals surface area contributed by atoms with Crippen molar-refractivity contribution in [3.05, 3.63) is 35.4 Å². The Hall–Kier alpha value is -1.00. The summed E-state index contributed by atoms with van der Waals surface area (Å²) in [7, 11) is 0. The molecule has 0 fully saturated rings. The first-order valence-corrected chi connectivity index (χ1v) is 6.69. The van der Waals surface area contributed by atoms with Gasteiger partial charge in [0.25, 0.3) is 0 Å². The number of hydrogen-bond acceptors (Lipinski definition) is 2. The summed E-state index contributed by atoms with van der Waals surface area (Å²) in [6.07, 6.45) is -1.02. The molecule has 1 aromatic carbocycles. The van der Waals surface area contributed by atoms with E-state index in [1.165, 1.54) is 12.1 Å². The number of aliphatic hydroxyl groups is 1. The molecule has 2 nitrogen and oxygen atoms in total. The van der Waals surface area contributed by atoms with Gasteiger partial charge in [-0.05, 0) is 25.8 Å². The zero-order valence-corrected chi connectivity index (χ0v) is 12.0. The Bertz CT molecular complexity index is 407. The van der Waals surface area contributed by atoms with Crippen molar-refractivity contribution in [2.75, 3.05) is 13.1 Å². The van der Waals surface area contributed by atoms with E-state index in [9.17, 15) is 13.9 Å². The predicted octanol–water partition coefficient (Wildman–Crippen LogP) is 3.36. The van der Waals surface area contributed by atoms with Crippen molar-refractivity contribution >= 4 is 0 Å². The van der Waals surface area contributed by atoms with E-state index in [0.29, 0.717) is 12.5 Å². The van der Waals surface area contributed by atoms with Gasteiger partial charge in [0, 0.05) is 24.7 Å². The van der Waals surface area contributed by atoms with Crippen LogP contribution in [0.3, 0.4) is 0 Å². The Balaban J connectivity index is 2.81. The standard InChI is InChI=1S/C15H23F2NO/c1-10(2)8-18(11(3)4)9-14(19)12-6-5-7-13(16)15(12)17/h5-7,10-11,14,19H,8-9H2,1-4H3. The minimum atomic E-state index is -1.02. The first-order valence-electron chi connectivity index (χ1n) is 6.69. The van der Waals surface area contributed by atoms with Crippen molar-refractivity contribution in [3.8, 4) is 0 Å². The molecular weight excluding hydrogens is 248 g/mol. The van der Waals surface area contributed by atoms with Crippen LogP contribution in [0, 0.1) is 17.6 Å². The van der Waals surface area contributed by atoms with Crippen LogP contribution >= 0.6 is 0 Å². The molecule has 1 N–H and O–H groups in total. The second-order valence-corrected chi connectivity index (χ2v) is 5.60. The molecule has 0 aliphatic carbocycles. The van der Waals surface area contributed by atoms with Gasteiger partial charge >= 0.3 is 0 Å². The molecule has 0 heterocycles. The molecule has 1 atom stereocenters. The lowest BCUT2D eigenvalue weighted by molar-refractivity contribution is 0.0849. The Morgan fingerprint density at radius 3 is 2.26 bits per heavy atom. The zero-order valence-electron chi connectivity index (χ0n) is 12.0. The molecule has 108 valence electrons. The molecule has 0 aliphatic rings. The van der Waals surface area contributed by atoms with Gasteiger partial charge in [0.1, 0.15) is 0 Å². The number of halogens is 2. The van der Waals surface area contributed by atoms with Crippen molar-refractivity contribution < 1.29 is 13.9 Å². The monoisotopic (exact) mass is 271 g/mol. The fourth-order valence-corrected chi connectivity index (χ4v) is 2.06. The summed E-state index contributed by atoms with van der Waals surface area (Å²) in [5.74, 6) is -1.42. The number of aliphatic hydroxyl groups excluding tert-OH is 1. The summed E-state index contributed by atoms with van der Waals surface area (Å²) in [5, 5.41) is 10.1. The van der Waals surface area contributed by atoms with Crippen molar-refractivity contribution in [3.63, 3.8) is 0 Å². The van der Waals surface area contributed by atoms with Crippen LogP contribution < -0.4 is 0 Å². The van der Waals surface area contributed by atoms with Crippen LogP contribution in [0.4, 0.5) is 8.78 Å². The van der Waals surface area contributed by atoms with Crippen molar-refractivity contribution in [2.24, 2.45) is 5.92 Å². The quantitative estimate of drug-likeness (QED) is 0.857. The fourth-order valence-electron chi connectivity index (χ4n) is 2.06. The van der Waals surface area contributed by atoms with Crippen LogP contribution in [0.1, 0.15) is 39.4 Å². The minimum Gasteiger partial charge on any atom is -0.387 e. The van der Waals surface area contributed by atoms with Crippen molar-refractivity contribution in [1.82, 2.24) is 4.90 Å². The topological polar surface area (TPSA) is 23.5 Å². The number of hydrogen-bond donors (Lipinski definition) is 1. The SMILES string of the molecule is CC(C)CN(CC(O)c1cccc(F)c1F)C(C)C. The van der Waals surface area contributed by atoms with E-state index in [2.05, 4.69) is 18.7 Å². The van der Waals surface area contributed by atoms with E-state index >= 15 is 0 Å². The zero-order chi connectivity index (χ0) is 14.6. The number of benzene rings is 1. The van der Waals surface area contributed by atoms with Crippen LogP contribution in [-0.2, 0) is 0 Å². The highest BCUT2D eigenvalue weighted by molar-refractivity contribution is 5.21.